The molecular weight excluding hydrogens is 276 g/mol. The Hall–Kier alpha value is -1.19. The number of thiazole rings is 1. The van der Waals surface area contributed by atoms with Gasteiger partial charge in [0.25, 0.3) is 0 Å². The van der Waals surface area contributed by atoms with Gasteiger partial charge in [-0.05, 0) is 56.3 Å². The first-order valence-electron chi connectivity index (χ1n) is 7.95. The molecule has 1 atom stereocenters. The maximum atomic E-state index is 4.95. The monoisotopic (exact) mass is 300 g/mol. The van der Waals surface area contributed by atoms with E-state index in [4.69, 9.17) is 4.98 Å². The van der Waals surface area contributed by atoms with Crippen LogP contribution in [-0.2, 0) is 12.8 Å². The van der Waals surface area contributed by atoms with Gasteiger partial charge >= 0.3 is 0 Å². The number of nitrogens with one attached hydrogen (secondary N) is 1. The SMILES string of the molecule is CCNC1CCCc2sc(Cc3ccc(C)c(C)c3)nc21. The van der Waals surface area contributed by atoms with Crippen LogP contribution in [0.2, 0.25) is 0 Å². The Labute approximate surface area is 131 Å². The fourth-order valence-corrected chi connectivity index (χ4v) is 4.28. The third-order valence-corrected chi connectivity index (χ3v) is 5.51. The minimum atomic E-state index is 0.475. The van der Waals surface area contributed by atoms with E-state index < -0.39 is 0 Å². The summed E-state index contributed by atoms with van der Waals surface area (Å²) in [6.07, 6.45) is 4.70. The van der Waals surface area contributed by atoms with Gasteiger partial charge in [-0.2, -0.15) is 0 Å². The molecule has 3 heteroatoms. The van der Waals surface area contributed by atoms with Crippen LogP contribution in [0.15, 0.2) is 18.2 Å². The number of benzene rings is 1. The Bertz CT molecular complexity index is 630. The summed E-state index contributed by atoms with van der Waals surface area (Å²) in [5, 5.41) is 4.85. The quantitative estimate of drug-likeness (QED) is 0.908. The van der Waals surface area contributed by atoms with E-state index in [2.05, 4.69) is 44.3 Å². The molecule has 1 aliphatic rings. The lowest BCUT2D eigenvalue weighted by Gasteiger charge is -2.21. The van der Waals surface area contributed by atoms with Crippen LogP contribution in [0.5, 0.6) is 0 Å². The summed E-state index contributed by atoms with van der Waals surface area (Å²) in [5.41, 5.74) is 5.44. The van der Waals surface area contributed by atoms with E-state index in [9.17, 15) is 0 Å². The molecule has 112 valence electrons. The van der Waals surface area contributed by atoms with Crippen molar-refractivity contribution in [3.63, 3.8) is 0 Å². The van der Waals surface area contributed by atoms with E-state index in [1.165, 1.54) is 51.5 Å². The van der Waals surface area contributed by atoms with E-state index in [0.717, 1.165) is 13.0 Å². The molecule has 2 nitrogen and oxygen atoms in total. The van der Waals surface area contributed by atoms with Crippen LogP contribution in [0.4, 0.5) is 0 Å². The first-order chi connectivity index (χ1) is 10.2. The number of fused-ring (bicyclic) bond motifs is 1. The highest BCUT2D eigenvalue weighted by Crippen LogP contribution is 2.34. The van der Waals surface area contributed by atoms with Crippen molar-refractivity contribution in [1.82, 2.24) is 10.3 Å². The van der Waals surface area contributed by atoms with Crippen molar-refractivity contribution < 1.29 is 0 Å². The van der Waals surface area contributed by atoms with Gasteiger partial charge in [0.15, 0.2) is 0 Å². The van der Waals surface area contributed by atoms with Crippen LogP contribution in [0.1, 0.15) is 58.1 Å². The van der Waals surface area contributed by atoms with Gasteiger partial charge in [0, 0.05) is 11.3 Å². The smallest absolute Gasteiger partial charge is 0.0975 e. The number of aryl methyl sites for hydroxylation is 3. The predicted molar refractivity (Wildman–Crippen MR) is 90.2 cm³/mol. The van der Waals surface area contributed by atoms with E-state index in [0.29, 0.717) is 6.04 Å². The second-order valence-electron chi connectivity index (χ2n) is 6.01. The fourth-order valence-electron chi connectivity index (χ4n) is 3.08. The van der Waals surface area contributed by atoms with Gasteiger partial charge < -0.3 is 5.32 Å². The number of hydrogen-bond donors (Lipinski definition) is 1. The molecule has 1 heterocycles. The molecule has 2 aromatic rings. The highest BCUT2D eigenvalue weighted by atomic mass is 32.1. The number of hydrogen-bond acceptors (Lipinski definition) is 3. The van der Waals surface area contributed by atoms with Crippen LogP contribution in [0.25, 0.3) is 0 Å². The van der Waals surface area contributed by atoms with E-state index in [-0.39, 0.29) is 0 Å². The maximum absolute atomic E-state index is 4.95. The summed E-state index contributed by atoms with van der Waals surface area (Å²) in [6, 6.07) is 7.24. The van der Waals surface area contributed by atoms with Crippen LogP contribution >= 0.6 is 11.3 Å². The average Bonchev–Trinajstić information content (AvgIpc) is 2.87. The molecule has 0 spiro atoms. The lowest BCUT2D eigenvalue weighted by molar-refractivity contribution is 0.465. The Kier molecular flexibility index (Phi) is 4.41. The fraction of sp³-hybridized carbons (Fsp3) is 0.500. The molecule has 0 fully saturated rings. The third-order valence-electron chi connectivity index (χ3n) is 4.38. The second kappa shape index (κ2) is 6.29. The molecular formula is C18H24N2S. The molecule has 3 rings (SSSR count). The Morgan fingerprint density at radius 2 is 2.14 bits per heavy atom. The molecule has 1 N–H and O–H groups in total. The number of aromatic nitrogens is 1. The average molecular weight is 300 g/mol. The molecule has 0 saturated carbocycles. The maximum Gasteiger partial charge on any atom is 0.0975 e. The molecule has 21 heavy (non-hydrogen) atoms. The molecule has 0 amide bonds. The molecule has 1 aliphatic carbocycles. The first kappa shape index (κ1) is 14.7. The second-order valence-corrected chi connectivity index (χ2v) is 7.18. The first-order valence-corrected chi connectivity index (χ1v) is 8.77. The summed E-state index contributed by atoms with van der Waals surface area (Å²) < 4.78 is 0. The zero-order chi connectivity index (χ0) is 14.8. The highest BCUT2D eigenvalue weighted by molar-refractivity contribution is 7.11. The third kappa shape index (κ3) is 3.19. The van der Waals surface area contributed by atoms with Crippen molar-refractivity contribution in [3.8, 4) is 0 Å². The minimum Gasteiger partial charge on any atom is -0.309 e. The zero-order valence-corrected chi connectivity index (χ0v) is 14.0. The van der Waals surface area contributed by atoms with Crippen molar-refractivity contribution in [2.75, 3.05) is 6.54 Å². The van der Waals surface area contributed by atoms with Gasteiger partial charge in [-0.3, -0.25) is 0 Å². The lowest BCUT2D eigenvalue weighted by atomic mass is 9.97. The van der Waals surface area contributed by atoms with E-state index >= 15 is 0 Å². The van der Waals surface area contributed by atoms with Crippen LogP contribution in [0.3, 0.4) is 0 Å². The van der Waals surface area contributed by atoms with Crippen molar-refractivity contribution >= 4 is 11.3 Å². The Balaban J connectivity index is 1.82. The van der Waals surface area contributed by atoms with Crippen molar-refractivity contribution in [1.29, 1.82) is 0 Å². The minimum absolute atomic E-state index is 0.475. The highest BCUT2D eigenvalue weighted by Gasteiger charge is 2.23. The zero-order valence-electron chi connectivity index (χ0n) is 13.2. The number of rotatable bonds is 4. The predicted octanol–water partition coefficient (Wildman–Crippen LogP) is 4.34. The molecule has 1 aromatic carbocycles. The molecule has 0 bridgehead atoms. The van der Waals surface area contributed by atoms with E-state index in [1.807, 2.05) is 11.3 Å². The van der Waals surface area contributed by atoms with Crippen molar-refractivity contribution in [2.24, 2.45) is 0 Å². The lowest BCUT2D eigenvalue weighted by Crippen LogP contribution is -2.24. The standard InChI is InChI=1S/C18H24N2S/c1-4-19-15-6-5-7-16-18(15)20-17(21-16)11-14-9-8-12(2)13(3)10-14/h8-10,15,19H,4-7,11H2,1-3H3. The summed E-state index contributed by atoms with van der Waals surface area (Å²) in [7, 11) is 0. The van der Waals surface area contributed by atoms with Crippen molar-refractivity contribution in [2.45, 2.75) is 52.5 Å². The molecule has 0 saturated heterocycles. The Morgan fingerprint density at radius 3 is 2.90 bits per heavy atom. The summed E-state index contributed by atoms with van der Waals surface area (Å²) in [5.74, 6) is 0. The molecule has 0 radical (unpaired) electrons. The summed E-state index contributed by atoms with van der Waals surface area (Å²) >= 11 is 1.92. The van der Waals surface area contributed by atoms with E-state index in [1.54, 1.807) is 0 Å². The summed E-state index contributed by atoms with van der Waals surface area (Å²) in [6.45, 7) is 7.56. The van der Waals surface area contributed by atoms with Gasteiger partial charge in [-0.15, -0.1) is 11.3 Å². The molecule has 0 aliphatic heterocycles. The van der Waals surface area contributed by atoms with Gasteiger partial charge in [0.05, 0.1) is 16.7 Å². The van der Waals surface area contributed by atoms with Gasteiger partial charge in [-0.25, -0.2) is 4.98 Å². The van der Waals surface area contributed by atoms with Gasteiger partial charge in [-0.1, -0.05) is 25.1 Å². The Morgan fingerprint density at radius 1 is 1.29 bits per heavy atom. The van der Waals surface area contributed by atoms with Gasteiger partial charge in [0.2, 0.25) is 0 Å². The van der Waals surface area contributed by atoms with Gasteiger partial charge in [0.1, 0.15) is 0 Å². The van der Waals surface area contributed by atoms with Crippen LogP contribution < -0.4 is 5.32 Å². The van der Waals surface area contributed by atoms with Crippen LogP contribution in [-0.4, -0.2) is 11.5 Å². The van der Waals surface area contributed by atoms with Crippen LogP contribution in [0, 0.1) is 13.8 Å². The molecule has 1 aromatic heterocycles. The normalized spacial score (nSPS) is 17.8. The van der Waals surface area contributed by atoms with Crippen molar-refractivity contribution in [3.05, 3.63) is 50.5 Å². The largest absolute Gasteiger partial charge is 0.309 e. The topological polar surface area (TPSA) is 24.9 Å². The number of nitrogens with zero attached hydrogens (tertiary/aromatic N) is 1. The summed E-state index contributed by atoms with van der Waals surface area (Å²) in [4.78, 5) is 6.46. The molecule has 1 unspecified atom stereocenters.